The van der Waals surface area contributed by atoms with Crippen LogP contribution in [0.1, 0.15) is 38.2 Å². The molecule has 2 rings (SSSR count). The summed E-state index contributed by atoms with van der Waals surface area (Å²) >= 11 is 0. The van der Waals surface area contributed by atoms with Crippen LogP contribution >= 0.6 is 0 Å². The van der Waals surface area contributed by atoms with E-state index < -0.39 is 0 Å². The normalized spacial score (nSPS) is 10.7. The Labute approximate surface area is 130 Å². The quantitative estimate of drug-likeness (QED) is 0.501. The van der Waals surface area contributed by atoms with Gasteiger partial charge in [-0.1, -0.05) is 0 Å². The van der Waals surface area contributed by atoms with Crippen molar-refractivity contribution in [3.63, 3.8) is 0 Å². The molecule has 0 unspecified atom stereocenters. The van der Waals surface area contributed by atoms with Crippen LogP contribution in [0.25, 0.3) is 0 Å². The lowest BCUT2D eigenvalue weighted by Gasteiger charge is -2.16. The van der Waals surface area contributed by atoms with Crippen LogP contribution in [-0.4, -0.2) is 5.78 Å². The van der Waals surface area contributed by atoms with Crippen LogP contribution in [0, 0.1) is 27.7 Å². The topological polar surface area (TPSA) is 121 Å². The molecule has 0 aromatic heterocycles. The van der Waals surface area contributed by atoms with Gasteiger partial charge in [0.15, 0.2) is 5.78 Å². The molecule has 5 nitrogen and oxygen atoms in total. The fraction of sp³-hybridized carbons (Fsp3) is 0.235. The zero-order chi connectivity index (χ0) is 16.8. The predicted molar refractivity (Wildman–Crippen MR) is 92.9 cm³/mol. The molecule has 0 aliphatic heterocycles. The van der Waals surface area contributed by atoms with Gasteiger partial charge in [-0.3, -0.25) is 4.79 Å². The molecule has 2 aromatic carbocycles. The van der Waals surface area contributed by atoms with Crippen molar-refractivity contribution >= 4 is 28.5 Å². The molecule has 0 atom stereocenters. The lowest BCUT2D eigenvalue weighted by atomic mass is 9.91. The molecular weight excluding hydrogens is 276 g/mol. The van der Waals surface area contributed by atoms with Gasteiger partial charge in [0.2, 0.25) is 0 Å². The van der Waals surface area contributed by atoms with E-state index in [9.17, 15) is 4.79 Å². The first-order valence-corrected chi connectivity index (χ1v) is 7.01. The Morgan fingerprint density at radius 1 is 0.682 bits per heavy atom. The molecule has 5 heteroatoms. The summed E-state index contributed by atoms with van der Waals surface area (Å²) in [6.07, 6.45) is 0. The van der Waals surface area contributed by atoms with Crippen molar-refractivity contribution in [2.24, 2.45) is 0 Å². The molecule has 0 aliphatic rings. The number of hydrogen-bond acceptors (Lipinski definition) is 5. The average molecular weight is 298 g/mol. The van der Waals surface area contributed by atoms with Crippen molar-refractivity contribution in [1.82, 2.24) is 0 Å². The van der Waals surface area contributed by atoms with Crippen molar-refractivity contribution in [2.75, 3.05) is 22.9 Å². The van der Waals surface area contributed by atoms with Crippen LogP contribution < -0.4 is 22.9 Å². The maximum Gasteiger partial charge on any atom is 0.193 e. The van der Waals surface area contributed by atoms with Crippen LogP contribution in [0.3, 0.4) is 0 Å². The maximum atomic E-state index is 12.9. The van der Waals surface area contributed by atoms with Gasteiger partial charge < -0.3 is 22.9 Å². The molecule has 0 saturated carbocycles. The third-order valence-electron chi connectivity index (χ3n) is 4.26. The molecule has 0 heterocycles. The van der Waals surface area contributed by atoms with Gasteiger partial charge in [-0.25, -0.2) is 0 Å². The van der Waals surface area contributed by atoms with Gasteiger partial charge in [-0.15, -0.1) is 0 Å². The molecule has 0 amide bonds. The standard InChI is InChI=1S/C17H22N4O/c1-7-5-11(9(3)15(20)13(7)18)17(22)12-6-8(2)14(19)16(21)10(12)4/h5-6H,18-21H2,1-4H3. The number of benzene rings is 2. The predicted octanol–water partition coefficient (Wildman–Crippen LogP) is 2.48. The van der Waals surface area contributed by atoms with Crippen molar-refractivity contribution in [1.29, 1.82) is 0 Å². The Hall–Kier alpha value is -2.69. The minimum absolute atomic E-state index is 0.125. The van der Waals surface area contributed by atoms with E-state index in [1.54, 1.807) is 26.0 Å². The first kappa shape index (κ1) is 15.7. The Morgan fingerprint density at radius 3 is 1.32 bits per heavy atom. The van der Waals surface area contributed by atoms with E-state index in [1.807, 2.05) is 13.8 Å². The van der Waals surface area contributed by atoms with Gasteiger partial charge in [0.05, 0.1) is 22.7 Å². The number of carbonyl (C=O) groups excluding carboxylic acids is 1. The number of rotatable bonds is 2. The van der Waals surface area contributed by atoms with Crippen molar-refractivity contribution in [3.8, 4) is 0 Å². The second-order valence-electron chi connectivity index (χ2n) is 5.72. The largest absolute Gasteiger partial charge is 0.397 e. The number of aryl methyl sites for hydroxylation is 2. The van der Waals surface area contributed by atoms with Crippen molar-refractivity contribution in [3.05, 3.63) is 45.5 Å². The average Bonchev–Trinajstić information content (AvgIpc) is 2.49. The first-order chi connectivity index (χ1) is 10.2. The molecule has 0 spiro atoms. The highest BCUT2D eigenvalue weighted by atomic mass is 16.1. The molecule has 0 fully saturated rings. The summed E-state index contributed by atoms with van der Waals surface area (Å²) in [5.74, 6) is -0.125. The Kier molecular flexibility index (Phi) is 3.75. The minimum Gasteiger partial charge on any atom is -0.397 e. The second-order valence-corrected chi connectivity index (χ2v) is 5.72. The summed E-state index contributed by atoms with van der Waals surface area (Å²) in [7, 11) is 0. The monoisotopic (exact) mass is 298 g/mol. The Bertz CT molecular complexity index is 729. The van der Waals surface area contributed by atoms with E-state index in [2.05, 4.69) is 0 Å². The Morgan fingerprint density at radius 2 is 1.00 bits per heavy atom. The zero-order valence-corrected chi connectivity index (χ0v) is 13.4. The van der Waals surface area contributed by atoms with Crippen LogP contribution in [0.15, 0.2) is 12.1 Å². The van der Waals surface area contributed by atoms with Gasteiger partial charge in [-0.2, -0.15) is 0 Å². The molecule has 2 aromatic rings. The van der Waals surface area contributed by atoms with E-state index in [1.165, 1.54) is 0 Å². The van der Waals surface area contributed by atoms with E-state index in [0.717, 1.165) is 11.1 Å². The van der Waals surface area contributed by atoms with Crippen LogP contribution in [0.5, 0.6) is 0 Å². The van der Waals surface area contributed by atoms with E-state index in [-0.39, 0.29) is 5.78 Å². The third kappa shape index (κ3) is 2.24. The lowest BCUT2D eigenvalue weighted by molar-refractivity contribution is 0.103. The summed E-state index contributed by atoms with van der Waals surface area (Å²) in [4.78, 5) is 12.9. The molecule has 0 radical (unpaired) electrons. The lowest BCUT2D eigenvalue weighted by Crippen LogP contribution is -2.12. The number of hydrogen-bond donors (Lipinski definition) is 4. The van der Waals surface area contributed by atoms with Crippen LogP contribution in [0.4, 0.5) is 22.7 Å². The van der Waals surface area contributed by atoms with Gasteiger partial charge in [-0.05, 0) is 62.1 Å². The molecule has 116 valence electrons. The molecular formula is C17H22N4O. The van der Waals surface area contributed by atoms with Crippen LogP contribution in [-0.2, 0) is 0 Å². The molecule has 0 aliphatic carbocycles. The summed E-state index contributed by atoms with van der Waals surface area (Å²) in [6, 6.07) is 3.54. The molecule has 8 N–H and O–H groups in total. The van der Waals surface area contributed by atoms with Gasteiger partial charge >= 0.3 is 0 Å². The number of ketones is 1. The highest BCUT2D eigenvalue weighted by Gasteiger charge is 2.20. The number of anilines is 4. The fourth-order valence-corrected chi connectivity index (χ4v) is 2.54. The van der Waals surface area contributed by atoms with Crippen LogP contribution in [0.2, 0.25) is 0 Å². The number of carbonyl (C=O) groups is 1. The molecule has 0 bridgehead atoms. The minimum atomic E-state index is -0.125. The molecule has 0 saturated heterocycles. The Balaban J connectivity index is 2.69. The van der Waals surface area contributed by atoms with Gasteiger partial charge in [0.25, 0.3) is 0 Å². The van der Waals surface area contributed by atoms with Gasteiger partial charge in [0.1, 0.15) is 0 Å². The van der Waals surface area contributed by atoms with Crippen molar-refractivity contribution < 1.29 is 4.79 Å². The SMILES string of the molecule is Cc1cc(C(=O)c2cc(C)c(N)c(N)c2C)c(C)c(N)c1N. The highest BCUT2D eigenvalue weighted by molar-refractivity contribution is 6.13. The first-order valence-electron chi connectivity index (χ1n) is 7.01. The third-order valence-corrected chi connectivity index (χ3v) is 4.26. The second kappa shape index (κ2) is 5.26. The fourth-order valence-electron chi connectivity index (χ4n) is 2.54. The zero-order valence-electron chi connectivity index (χ0n) is 13.4. The van der Waals surface area contributed by atoms with E-state index in [4.69, 9.17) is 22.9 Å². The van der Waals surface area contributed by atoms with E-state index in [0.29, 0.717) is 45.0 Å². The smallest absolute Gasteiger partial charge is 0.193 e. The van der Waals surface area contributed by atoms with Crippen molar-refractivity contribution in [2.45, 2.75) is 27.7 Å². The van der Waals surface area contributed by atoms with E-state index >= 15 is 0 Å². The molecule has 22 heavy (non-hydrogen) atoms. The highest BCUT2D eigenvalue weighted by Crippen LogP contribution is 2.32. The number of nitrogen functional groups attached to an aromatic ring is 4. The summed E-state index contributed by atoms with van der Waals surface area (Å²) < 4.78 is 0. The summed E-state index contributed by atoms with van der Waals surface area (Å²) in [5, 5.41) is 0. The summed E-state index contributed by atoms with van der Waals surface area (Å²) in [6.45, 7) is 7.25. The summed E-state index contributed by atoms with van der Waals surface area (Å²) in [5.41, 5.74) is 29.7. The maximum absolute atomic E-state index is 12.9. The number of nitrogens with two attached hydrogens (primary N) is 4. The van der Waals surface area contributed by atoms with Gasteiger partial charge in [0, 0.05) is 11.1 Å².